The smallest absolute Gasteiger partial charge is 0.224 e. The maximum absolute atomic E-state index is 12.0. The van der Waals surface area contributed by atoms with E-state index in [9.17, 15) is 4.79 Å². The number of aryl methyl sites for hydroxylation is 3. The number of nitrogens with one attached hydrogen (secondary N) is 1. The van der Waals surface area contributed by atoms with Crippen molar-refractivity contribution in [1.29, 1.82) is 0 Å². The minimum atomic E-state index is 0.0396. The van der Waals surface area contributed by atoms with Crippen molar-refractivity contribution in [2.75, 3.05) is 5.32 Å². The molecule has 104 valence electrons. The molecule has 0 aliphatic heterocycles. The first-order chi connectivity index (χ1) is 9.54. The highest BCUT2D eigenvalue weighted by atomic mass is 79.9. The van der Waals surface area contributed by atoms with Gasteiger partial charge in [0.25, 0.3) is 0 Å². The molecule has 2 aromatic carbocycles. The van der Waals surface area contributed by atoms with Crippen LogP contribution in [0.25, 0.3) is 0 Å². The van der Waals surface area contributed by atoms with Gasteiger partial charge >= 0.3 is 0 Å². The number of hydrogen-bond acceptors (Lipinski definition) is 1. The molecule has 2 nitrogen and oxygen atoms in total. The minimum absolute atomic E-state index is 0.0396. The van der Waals surface area contributed by atoms with Gasteiger partial charge in [-0.3, -0.25) is 4.79 Å². The SMILES string of the molecule is Cc1cccc(CCC(=O)Nc2cc(C)ccc2Br)c1. The number of carbonyl (C=O) groups excluding carboxylic acids is 1. The maximum atomic E-state index is 12.0. The van der Waals surface area contributed by atoms with E-state index in [4.69, 9.17) is 0 Å². The van der Waals surface area contributed by atoms with E-state index in [0.29, 0.717) is 6.42 Å². The van der Waals surface area contributed by atoms with Crippen molar-refractivity contribution in [3.63, 3.8) is 0 Å². The molecule has 0 heterocycles. The van der Waals surface area contributed by atoms with E-state index in [1.807, 2.05) is 31.2 Å². The van der Waals surface area contributed by atoms with Gasteiger partial charge in [0.2, 0.25) is 5.91 Å². The highest BCUT2D eigenvalue weighted by molar-refractivity contribution is 9.10. The molecule has 20 heavy (non-hydrogen) atoms. The molecule has 0 fully saturated rings. The van der Waals surface area contributed by atoms with Gasteiger partial charge in [-0.15, -0.1) is 0 Å². The summed E-state index contributed by atoms with van der Waals surface area (Å²) < 4.78 is 0.909. The van der Waals surface area contributed by atoms with Gasteiger partial charge in [0.15, 0.2) is 0 Å². The van der Waals surface area contributed by atoms with Gasteiger partial charge in [0.1, 0.15) is 0 Å². The lowest BCUT2D eigenvalue weighted by Crippen LogP contribution is -2.12. The predicted molar refractivity (Wildman–Crippen MR) is 87.0 cm³/mol. The lowest BCUT2D eigenvalue weighted by atomic mass is 10.1. The Morgan fingerprint density at radius 1 is 1.10 bits per heavy atom. The fourth-order valence-electron chi connectivity index (χ4n) is 2.07. The molecular formula is C17H18BrNO. The molecule has 3 heteroatoms. The number of anilines is 1. The average Bonchev–Trinajstić information content (AvgIpc) is 2.41. The Morgan fingerprint density at radius 3 is 2.60 bits per heavy atom. The molecule has 2 rings (SSSR count). The molecule has 0 bridgehead atoms. The van der Waals surface area contributed by atoms with Crippen LogP contribution in [0.4, 0.5) is 5.69 Å². The molecule has 0 radical (unpaired) electrons. The largest absolute Gasteiger partial charge is 0.325 e. The molecule has 0 saturated carbocycles. The molecule has 0 saturated heterocycles. The number of benzene rings is 2. The van der Waals surface area contributed by atoms with E-state index in [1.54, 1.807) is 0 Å². The molecule has 0 spiro atoms. The minimum Gasteiger partial charge on any atom is -0.325 e. The second kappa shape index (κ2) is 6.71. The molecule has 0 aromatic heterocycles. The third kappa shape index (κ3) is 4.20. The molecule has 1 N–H and O–H groups in total. The average molecular weight is 332 g/mol. The number of amides is 1. The van der Waals surface area contributed by atoms with E-state index in [0.717, 1.165) is 22.1 Å². The van der Waals surface area contributed by atoms with E-state index in [2.05, 4.69) is 46.4 Å². The second-order valence-electron chi connectivity index (χ2n) is 5.02. The highest BCUT2D eigenvalue weighted by Crippen LogP contribution is 2.23. The van der Waals surface area contributed by atoms with E-state index in [-0.39, 0.29) is 5.91 Å². The van der Waals surface area contributed by atoms with Gasteiger partial charge in [-0.25, -0.2) is 0 Å². The summed E-state index contributed by atoms with van der Waals surface area (Å²) in [5, 5.41) is 2.95. The summed E-state index contributed by atoms with van der Waals surface area (Å²) in [6.45, 7) is 4.07. The molecular weight excluding hydrogens is 314 g/mol. The summed E-state index contributed by atoms with van der Waals surface area (Å²) >= 11 is 3.45. The summed E-state index contributed by atoms with van der Waals surface area (Å²) in [5.74, 6) is 0.0396. The normalized spacial score (nSPS) is 10.3. The number of hydrogen-bond donors (Lipinski definition) is 1. The lowest BCUT2D eigenvalue weighted by Gasteiger charge is -2.08. The van der Waals surface area contributed by atoms with Gasteiger partial charge in [0.05, 0.1) is 5.69 Å². The molecule has 0 atom stereocenters. The van der Waals surface area contributed by atoms with Gasteiger partial charge in [-0.2, -0.15) is 0 Å². The van der Waals surface area contributed by atoms with Crippen molar-refractivity contribution in [1.82, 2.24) is 0 Å². The van der Waals surface area contributed by atoms with E-state index in [1.165, 1.54) is 11.1 Å². The molecule has 0 unspecified atom stereocenters. The third-order valence-corrected chi connectivity index (χ3v) is 3.81. The first kappa shape index (κ1) is 14.8. The van der Waals surface area contributed by atoms with Crippen LogP contribution in [-0.2, 0) is 11.2 Å². The lowest BCUT2D eigenvalue weighted by molar-refractivity contribution is -0.116. The second-order valence-corrected chi connectivity index (χ2v) is 5.87. The van der Waals surface area contributed by atoms with Crippen LogP contribution < -0.4 is 5.32 Å². The van der Waals surface area contributed by atoms with Crippen LogP contribution in [-0.4, -0.2) is 5.91 Å². The first-order valence-electron chi connectivity index (χ1n) is 6.66. The van der Waals surface area contributed by atoms with Gasteiger partial charge in [-0.1, -0.05) is 35.9 Å². The number of carbonyl (C=O) groups is 1. The monoisotopic (exact) mass is 331 g/mol. The summed E-state index contributed by atoms with van der Waals surface area (Å²) in [6, 6.07) is 14.2. The van der Waals surface area contributed by atoms with Crippen molar-refractivity contribution in [2.45, 2.75) is 26.7 Å². The van der Waals surface area contributed by atoms with E-state index < -0.39 is 0 Å². The number of rotatable bonds is 4. The van der Waals surface area contributed by atoms with Crippen molar-refractivity contribution < 1.29 is 4.79 Å². The topological polar surface area (TPSA) is 29.1 Å². The Morgan fingerprint density at radius 2 is 1.85 bits per heavy atom. The summed E-state index contributed by atoms with van der Waals surface area (Å²) in [5.41, 5.74) is 4.38. The maximum Gasteiger partial charge on any atom is 0.224 e. The zero-order valence-corrected chi connectivity index (χ0v) is 13.3. The predicted octanol–water partition coefficient (Wildman–Crippen LogP) is 4.64. The molecule has 0 aliphatic carbocycles. The van der Waals surface area contributed by atoms with Crippen molar-refractivity contribution in [3.05, 3.63) is 63.6 Å². The van der Waals surface area contributed by atoms with Crippen LogP contribution in [0.3, 0.4) is 0 Å². The Labute approximate surface area is 128 Å². The summed E-state index contributed by atoms with van der Waals surface area (Å²) in [7, 11) is 0. The fourth-order valence-corrected chi connectivity index (χ4v) is 2.42. The van der Waals surface area contributed by atoms with Gasteiger partial charge in [0, 0.05) is 10.9 Å². The third-order valence-electron chi connectivity index (χ3n) is 3.12. The zero-order chi connectivity index (χ0) is 14.5. The Kier molecular flexibility index (Phi) is 4.96. The number of halogens is 1. The molecule has 2 aromatic rings. The Hall–Kier alpha value is -1.61. The van der Waals surface area contributed by atoms with Crippen LogP contribution >= 0.6 is 15.9 Å². The van der Waals surface area contributed by atoms with Gasteiger partial charge < -0.3 is 5.32 Å². The first-order valence-corrected chi connectivity index (χ1v) is 7.45. The highest BCUT2D eigenvalue weighted by Gasteiger charge is 2.06. The van der Waals surface area contributed by atoms with Crippen LogP contribution in [0.1, 0.15) is 23.1 Å². The van der Waals surface area contributed by atoms with Gasteiger partial charge in [-0.05, 0) is 59.5 Å². The van der Waals surface area contributed by atoms with Crippen molar-refractivity contribution in [2.24, 2.45) is 0 Å². The standard InChI is InChI=1S/C17H18BrNO/c1-12-4-3-5-14(10-12)7-9-17(20)19-16-11-13(2)6-8-15(16)18/h3-6,8,10-11H,7,9H2,1-2H3,(H,19,20). The zero-order valence-electron chi connectivity index (χ0n) is 11.7. The summed E-state index contributed by atoms with van der Waals surface area (Å²) in [6.07, 6.45) is 1.25. The van der Waals surface area contributed by atoms with Crippen molar-refractivity contribution >= 4 is 27.5 Å². The fraction of sp³-hybridized carbons (Fsp3) is 0.235. The Bertz CT molecular complexity index is 622. The van der Waals surface area contributed by atoms with Crippen LogP contribution in [0.5, 0.6) is 0 Å². The van der Waals surface area contributed by atoms with Crippen molar-refractivity contribution in [3.8, 4) is 0 Å². The van der Waals surface area contributed by atoms with Crippen LogP contribution in [0.15, 0.2) is 46.9 Å². The summed E-state index contributed by atoms with van der Waals surface area (Å²) in [4.78, 5) is 12.0. The Balaban J connectivity index is 1.94. The molecule has 1 amide bonds. The quantitative estimate of drug-likeness (QED) is 0.868. The molecule has 0 aliphatic rings. The van der Waals surface area contributed by atoms with E-state index >= 15 is 0 Å². The van der Waals surface area contributed by atoms with Crippen LogP contribution in [0.2, 0.25) is 0 Å². The van der Waals surface area contributed by atoms with Crippen LogP contribution in [0, 0.1) is 13.8 Å².